The van der Waals surface area contributed by atoms with Gasteiger partial charge in [-0.1, -0.05) is 24.6 Å². The Morgan fingerprint density at radius 3 is 2.74 bits per heavy atom. The lowest BCUT2D eigenvalue weighted by atomic mass is 10.00. The highest BCUT2D eigenvalue weighted by Gasteiger charge is 2.34. The van der Waals surface area contributed by atoms with Crippen LogP contribution in [0.25, 0.3) is 0 Å². The molecule has 5 nitrogen and oxygen atoms in total. The average molecular weight is 441 g/mol. The van der Waals surface area contributed by atoms with Crippen molar-refractivity contribution in [3.63, 3.8) is 0 Å². The molecule has 6 heteroatoms. The van der Waals surface area contributed by atoms with Crippen LogP contribution in [0.1, 0.15) is 53.8 Å². The second kappa shape index (κ2) is 9.43. The molecule has 0 N–H and O–H groups in total. The van der Waals surface area contributed by atoms with Gasteiger partial charge in [-0.25, -0.2) is 0 Å². The lowest BCUT2D eigenvalue weighted by Gasteiger charge is -2.37. The van der Waals surface area contributed by atoms with Gasteiger partial charge >= 0.3 is 0 Å². The maximum absolute atomic E-state index is 13.4. The van der Waals surface area contributed by atoms with E-state index < -0.39 is 0 Å². The highest BCUT2D eigenvalue weighted by Crippen LogP contribution is 2.35. The van der Waals surface area contributed by atoms with Crippen molar-refractivity contribution in [2.75, 3.05) is 26.2 Å². The molecule has 1 saturated carbocycles. The van der Waals surface area contributed by atoms with Gasteiger partial charge in [0.1, 0.15) is 12.4 Å². The van der Waals surface area contributed by atoms with Crippen molar-refractivity contribution >= 4 is 23.2 Å². The topological polar surface area (TPSA) is 49.9 Å². The van der Waals surface area contributed by atoms with Crippen LogP contribution in [0.2, 0.25) is 0 Å². The first-order valence-electron chi connectivity index (χ1n) is 11.3. The van der Waals surface area contributed by atoms with Crippen molar-refractivity contribution in [1.29, 1.82) is 0 Å². The maximum Gasteiger partial charge on any atom is 0.242 e. The number of hydrogen-bond acceptors (Lipinski definition) is 4. The number of nitrogens with zero attached hydrogens (tertiary/aromatic N) is 2. The van der Waals surface area contributed by atoms with Crippen LogP contribution in [0.4, 0.5) is 0 Å². The lowest BCUT2D eigenvalue weighted by molar-refractivity contribution is -0.142. The average Bonchev–Trinajstić information content (AvgIpc) is 3.44. The molecular weight excluding hydrogens is 408 g/mol. The number of thiophene rings is 1. The molecule has 0 bridgehead atoms. The summed E-state index contributed by atoms with van der Waals surface area (Å²) in [5.41, 5.74) is 3.49. The van der Waals surface area contributed by atoms with Gasteiger partial charge in [0.15, 0.2) is 0 Å². The molecule has 1 unspecified atom stereocenters. The SMILES string of the molecule is CCC(=O)N(CC(=O)N1CCc2sccc2C1COc1ccc(C)cc1C)CC1CC1. The smallest absolute Gasteiger partial charge is 0.242 e. The van der Waals surface area contributed by atoms with Crippen LogP contribution in [0.5, 0.6) is 5.75 Å². The molecule has 31 heavy (non-hydrogen) atoms. The molecule has 2 aliphatic rings. The van der Waals surface area contributed by atoms with E-state index in [1.54, 1.807) is 16.2 Å². The molecule has 2 heterocycles. The molecule has 166 valence electrons. The van der Waals surface area contributed by atoms with E-state index >= 15 is 0 Å². The Labute approximate surface area is 189 Å². The lowest BCUT2D eigenvalue weighted by Crippen LogP contribution is -2.48. The fourth-order valence-corrected chi connectivity index (χ4v) is 5.28. The summed E-state index contributed by atoms with van der Waals surface area (Å²) in [6.07, 6.45) is 3.63. The first-order valence-corrected chi connectivity index (χ1v) is 12.2. The van der Waals surface area contributed by atoms with Crippen LogP contribution in [-0.2, 0) is 16.0 Å². The number of hydrogen-bond donors (Lipinski definition) is 0. The van der Waals surface area contributed by atoms with Gasteiger partial charge in [-0.05, 0) is 67.7 Å². The predicted molar refractivity (Wildman–Crippen MR) is 123 cm³/mol. The number of carbonyl (C=O) groups excluding carboxylic acids is 2. The van der Waals surface area contributed by atoms with E-state index in [1.807, 2.05) is 30.9 Å². The normalized spacial score (nSPS) is 17.9. The Hall–Kier alpha value is -2.34. The molecule has 1 aromatic heterocycles. The summed E-state index contributed by atoms with van der Waals surface area (Å²) in [4.78, 5) is 30.8. The molecular formula is C25H32N2O3S. The highest BCUT2D eigenvalue weighted by molar-refractivity contribution is 7.10. The standard InChI is InChI=1S/C25H32N2O3S/c1-4-24(28)26(14-19-6-7-19)15-25(29)27-11-9-23-20(10-12-31-23)21(27)16-30-22-8-5-17(2)13-18(22)3/h5,8,10,12-13,19,21H,4,6-7,9,11,14-16H2,1-3H3. The Morgan fingerprint density at radius 1 is 1.23 bits per heavy atom. The summed E-state index contributed by atoms with van der Waals surface area (Å²) in [5.74, 6) is 1.51. The van der Waals surface area contributed by atoms with Crippen molar-refractivity contribution in [2.24, 2.45) is 5.92 Å². The van der Waals surface area contributed by atoms with Crippen molar-refractivity contribution < 1.29 is 14.3 Å². The van der Waals surface area contributed by atoms with E-state index in [2.05, 4.69) is 24.4 Å². The van der Waals surface area contributed by atoms with Gasteiger partial charge < -0.3 is 14.5 Å². The number of aryl methyl sites for hydroxylation is 2. The Kier molecular flexibility index (Phi) is 6.65. The van der Waals surface area contributed by atoms with E-state index in [9.17, 15) is 9.59 Å². The third-order valence-electron chi connectivity index (χ3n) is 6.30. The monoisotopic (exact) mass is 440 g/mol. The van der Waals surface area contributed by atoms with Gasteiger partial charge in [-0.15, -0.1) is 11.3 Å². The summed E-state index contributed by atoms with van der Waals surface area (Å²) in [6, 6.07) is 8.16. The summed E-state index contributed by atoms with van der Waals surface area (Å²) in [7, 11) is 0. The largest absolute Gasteiger partial charge is 0.491 e. The van der Waals surface area contributed by atoms with Crippen LogP contribution in [0.3, 0.4) is 0 Å². The van der Waals surface area contributed by atoms with Gasteiger partial charge in [0.2, 0.25) is 11.8 Å². The Bertz CT molecular complexity index is 950. The first-order chi connectivity index (χ1) is 15.0. The van der Waals surface area contributed by atoms with Gasteiger partial charge in [0.05, 0.1) is 12.6 Å². The van der Waals surface area contributed by atoms with E-state index in [0.29, 0.717) is 32.0 Å². The molecule has 2 aromatic rings. The molecule has 1 aliphatic heterocycles. The third-order valence-corrected chi connectivity index (χ3v) is 7.30. The van der Waals surface area contributed by atoms with E-state index in [0.717, 1.165) is 30.6 Å². The summed E-state index contributed by atoms with van der Waals surface area (Å²) < 4.78 is 6.22. The predicted octanol–water partition coefficient (Wildman–Crippen LogP) is 4.52. The minimum atomic E-state index is -0.122. The highest BCUT2D eigenvalue weighted by atomic mass is 32.1. The fraction of sp³-hybridized carbons (Fsp3) is 0.520. The number of fused-ring (bicyclic) bond motifs is 1. The quantitative estimate of drug-likeness (QED) is 0.606. The second-order valence-electron chi connectivity index (χ2n) is 8.80. The zero-order valence-electron chi connectivity index (χ0n) is 18.7. The minimum Gasteiger partial charge on any atom is -0.491 e. The molecule has 0 radical (unpaired) electrons. The van der Waals surface area contributed by atoms with E-state index in [-0.39, 0.29) is 24.4 Å². The fourth-order valence-electron chi connectivity index (χ4n) is 4.35. The number of rotatable bonds is 8. The third kappa shape index (κ3) is 5.12. The summed E-state index contributed by atoms with van der Waals surface area (Å²) >= 11 is 1.75. The van der Waals surface area contributed by atoms with E-state index in [1.165, 1.54) is 16.0 Å². The van der Waals surface area contributed by atoms with Crippen molar-refractivity contribution in [2.45, 2.75) is 52.5 Å². The van der Waals surface area contributed by atoms with E-state index in [4.69, 9.17) is 4.74 Å². The molecule has 1 aromatic carbocycles. The molecule has 1 aliphatic carbocycles. The number of carbonyl (C=O) groups is 2. The van der Waals surface area contributed by atoms with Crippen LogP contribution in [0.15, 0.2) is 29.6 Å². The molecule has 0 spiro atoms. The number of benzene rings is 1. The summed E-state index contributed by atoms with van der Waals surface area (Å²) in [5, 5.41) is 2.10. The number of amides is 2. The van der Waals surface area contributed by atoms with Crippen molar-refractivity contribution in [3.8, 4) is 5.75 Å². The van der Waals surface area contributed by atoms with Gasteiger partial charge in [-0.3, -0.25) is 9.59 Å². The van der Waals surface area contributed by atoms with Gasteiger partial charge in [0.25, 0.3) is 0 Å². The minimum absolute atomic E-state index is 0.0218. The van der Waals surface area contributed by atoms with Crippen LogP contribution in [0, 0.1) is 19.8 Å². The van der Waals surface area contributed by atoms with Crippen LogP contribution in [-0.4, -0.2) is 47.9 Å². The molecule has 1 fully saturated rings. The van der Waals surface area contributed by atoms with Gasteiger partial charge in [0, 0.05) is 24.4 Å². The van der Waals surface area contributed by atoms with Crippen molar-refractivity contribution in [1.82, 2.24) is 9.80 Å². The molecule has 4 rings (SSSR count). The van der Waals surface area contributed by atoms with Gasteiger partial charge in [-0.2, -0.15) is 0 Å². The Morgan fingerprint density at radius 2 is 2.03 bits per heavy atom. The second-order valence-corrected chi connectivity index (χ2v) is 9.80. The zero-order valence-corrected chi connectivity index (χ0v) is 19.5. The Balaban J connectivity index is 1.50. The van der Waals surface area contributed by atoms with Crippen molar-refractivity contribution in [3.05, 3.63) is 51.2 Å². The summed E-state index contributed by atoms with van der Waals surface area (Å²) in [6.45, 7) is 7.96. The first kappa shape index (κ1) is 21.9. The van der Waals surface area contributed by atoms with Crippen LogP contribution < -0.4 is 4.74 Å². The zero-order chi connectivity index (χ0) is 22.0. The van der Waals surface area contributed by atoms with Crippen LogP contribution >= 0.6 is 11.3 Å². The molecule has 0 saturated heterocycles. The molecule has 1 atom stereocenters. The maximum atomic E-state index is 13.4. The molecule has 2 amide bonds. The number of ether oxygens (including phenoxy) is 1.